The van der Waals surface area contributed by atoms with Crippen molar-refractivity contribution in [1.82, 2.24) is 35.7 Å². The number of carbonyl (C=O) groups is 3. The highest BCUT2D eigenvalue weighted by Gasteiger charge is 2.40. The van der Waals surface area contributed by atoms with Crippen LogP contribution in [0.5, 0.6) is 0 Å². The van der Waals surface area contributed by atoms with Crippen molar-refractivity contribution >= 4 is 34.4 Å². The van der Waals surface area contributed by atoms with E-state index < -0.39 is 18.2 Å². The predicted molar refractivity (Wildman–Crippen MR) is 221 cm³/mol. The number of nitrogens with two attached hydrogens (primary N) is 1. The molecule has 12 heteroatoms. The lowest BCUT2D eigenvalue weighted by Gasteiger charge is -2.34. The number of alkyl carbamates (subject to hydrolysis) is 1. The van der Waals surface area contributed by atoms with E-state index in [1.807, 2.05) is 66.4 Å². The number of imidazole rings is 1. The summed E-state index contributed by atoms with van der Waals surface area (Å²) in [6.45, 7) is 5.15. The first-order chi connectivity index (χ1) is 27.7. The molecule has 57 heavy (non-hydrogen) atoms. The first-order valence-corrected chi connectivity index (χ1v) is 19.9. The number of ether oxygens (including phenoxy) is 1. The van der Waals surface area contributed by atoms with Gasteiger partial charge in [-0.15, -0.1) is 0 Å². The summed E-state index contributed by atoms with van der Waals surface area (Å²) in [7, 11) is 1.31. The maximum absolute atomic E-state index is 13.6. The molecule has 0 radical (unpaired) electrons. The molecule has 0 saturated carbocycles. The smallest absolute Gasteiger partial charge is 0.407 e. The van der Waals surface area contributed by atoms with Crippen LogP contribution >= 0.6 is 0 Å². The van der Waals surface area contributed by atoms with E-state index in [9.17, 15) is 14.4 Å². The zero-order chi connectivity index (χ0) is 39.6. The van der Waals surface area contributed by atoms with Crippen molar-refractivity contribution in [2.24, 2.45) is 11.7 Å². The SMILES string of the molecule is COC(=O)N[C@H](C(=O)N1CCC[C@H]1C1NC=C(c2ccc3cc(-c4ccc(-c5cnc([C@@H]6CCCN6C(=O)[C@H](N)c6ccccc6)[nH]5)cc4)ccc3c2)N1)C(C)C. The third-order valence-electron chi connectivity index (χ3n) is 11.6. The van der Waals surface area contributed by atoms with Crippen molar-refractivity contribution in [2.45, 2.75) is 69.9 Å². The summed E-state index contributed by atoms with van der Waals surface area (Å²) in [6, 6.07) is 29.4. The molecule has 4 aromatic carbocycles. The van der Waals surface area contributed by atoms with E-state index in [-0.39, 0.29) is 36.0 Å². The highest BCUT2D eigenvalue weighted by atomic mass is 16.5. The Balaban J connectivity index is 0.911. The second-order valence-electron chi connectivity index (χ2n) is 15.6. The summed E-state index contributed by atoms with van der Waals surface area (Å²) in [4.78, 5) is 51.0. The predicted octanol–water partition coefficient (Wildman–Crippen LogP) is 6.45. The van der Waals surface area contributed by atoms with Crippen LogP contribution in [0.15, 0.2) is 103 Å². The molecule has 12 nitrogen and oxygen atoms in total. The monoisotopic (exact) mass is 766 g/mol. The second kappa shape index (κ2) is 16.1. The lowest BCUT2D eigenvalue weighted by Crippen LogP contribution is -2.57. The number of carbonyl (C=O) groups excluding carboxylic acids is 3. The van der Waals surface area contributed by atoms with Crippen molar-refractivity contribution in [3.05, 3.63) is 120 Å². The quantitative estimate of drug-likeness (QED) is 0.109. The van der Waals surface area contributed by atoms with Crippen LogP contribution < -0.4 is 21.7 Å². The number of fused-ring (bicyclic) bond motifs is 1. The Bertz CT molecular complexity index is 2290. The molecular formula is C45H50N8O4. The summed E-state index contributed by atoms with van der Waals surface area (Å²) >= 11 is 0. The molecule has 4 heterocycles. The Kier molecular flexibility index (Phi) is 10.7. The van der Waals surface area contributed by atoms with E-state index in [4.69, 9.17) is 15.5 Å². The highest BCUT2D eigenvalue weighted by molar-refractivity contribution is 5.90. The van der Waals surface area contributed by atoms with Gasteiger partial charge in [-0.2, -0.15) is 0 Å². The van der Waals surface area contributed by atoms with Crippen LogP contribution in [0.4, 0.5) is 4.79 Å². The minimum atomic E-state index is -0.700. The first-order valence-electron chi connectivity index (χ1n) is 19.9. The van der Waals surface area contributed by atoms with Crippen molar-refractivity contribution in [2.75, 3.05) is 20.2 Å². The van der Waals surface area contributed by atoms with Gasteiger partial charge in [0.25, 0.3) is 0 Å². The minimum Gasteiger partial charge on any atom is -0.453 e. The van der Waals surface area contributed by atoms with Crippen LogP contribution in [-0.4, -0.2) is 76.1 Å². The van der Waals surface area contributed by atoms with E-state index >= 15 is 0 Å². The molecular weight excluding hydrogens is 717 g/mol. The van der Waals surface area contributed by atoms with Crippen LogP contribution in [0, 0.1) is 5.92 Å². The fourth-order valence-electron chi connectivity index (χ4n) is 8.47. The van der Waals surface area contributed by atoms with Crippen LogP contribution in [0.1, 0.15) is 68.6 Å². The number of likely N-dealkylation sites (tertiary alicyclic amines) is 2. The minimum absolute atomic E-state index is 0.0605. The van der Waals surface area contributed by atoms with Crippen molar-refractivity contribution in [3.8, 4) is 22.4 Å². The number of rotatable bonds is 10. The molecule has 3 aliphatic heterocycles. The van der Waals surface area contributed by atoms with Gasteiger partial charge in [-0.25, -0.2) is 9.78 Å². The largest absolute Gasteiger partial charge is 0.453 e. The van der Waals surface area contributed by atoms with E-state index in [0.29, 0.717) is 13.1 Å². The Morgan fingerprint density at radius 3 is 2.23 bits per heavy atom. The van der Waals surface area contributed by atoms with Gasteiger partial charge in [0, 0.05) is 19.3 Å². The summed E-state index contributed by atoms with van der Waals surface area (Å²) < 4.78 is 4.78. The summed E-state index contributed by atoms with van der Waals surface area (Å²) in [6.07, 6.45) is 6.59. The van der Waals surface area contributed by atoms with E-state index in [1.165, 1.54) is 7.11 Å². The number of aromatic nitrogens is 2. The van der Waals surface area contributed by atoms with Gasteiger partial charge in [-0.1, -0.05) is 92.7 Å². The van der Waals surface area contributed by atoms with Crippen LogP contribution in [0.2, 0.25) is 0 Å². The number of benzene rings is 4. The standard InChI is InChI=1S/C45H50N8O4/c1-27(2)40(51-45(56)57-3)44(55)53-22-8-12-38(53)42-48-26-36(50-42)34-20-19-32-23-31(17-18-33(32)24-34)28-13-15-29(16-14-28)35-25-47-41(49-35)37-11-7-21-52(37)43(54)39(46)30-9-5-4-6-10-30/h4-6,9-10,13-20,23-27,37-40,42,48,50H,7-8,11-12,21-22,46H2,1-3H3,(H,47,49)(H,51,56)/t37-,38-,39+,40-,42?/m0/s1. The van der Waals surface area contributed by atoms with Gasteiger partial charge in [0.2, 0.25) is 11.8 Å². The van der Waals surface area contributed by atoms with Crippen LogP contribution in [0.3, 0.4) is 0 Å². The highest BCUT2D eigenvalue weighted by Crippen LogP contribution is 2.35. The topological polar surface area (TPSA) is 158 Å². The molecule has 3 amide bonds. The zero-order valence-electron chi connectivity index (χ0n) is 32.6. The van der Waals surface area contributed by atoms with Crippen LogP contribution in [-0.2, 0) is 14.3 Å². The molecule has 0 aliphatic carbocycles. The molecule has 1 aromatic heterocycles. The number of nitrogens with one attached hydrogen (secondary N) is 4. The third-order valence-corrected chi connectivity index (χ3v) is 11.6. The molecule has 8 rings (SSSR count). The zero-order valence-corrected chi connectivity index (χ0v) is 32.6. The summed E-state index contributed by atoms with van der Waals surface area (Å²) in [5.41, 5.74) is 13.4. The lowest BCUT2D eigenvalue weighted by atomic mass is 9.98. The average molecular weight is 767 g/mol. The fourth-order valence-corrected chi connectivity index (χ4v) is 8.47. The Labute approximate surface area is 332 Å². The maximum atomic E-state index is 13.6. The maximum Gasteiger partial charge on any atom is 0.407 e. The van der Waals surface area contributed by atoms with Gasteiger partial charge in [0.15, 0.2) is 0 Å². The van der Waals surface area contributed by atoms with Gasteiger partial charge in [0.1, 0.15) is 24.1 Å². The van der Waals surface area contributed by atoms with E-state index in [1.54, 1.807) is 0 Å². The molecule has 5 aromatic rings. The first kappa shape index (κ1) is 37.8. The molecule has 6 N–H and O–H groups in total. The van der Waals surface area contributed by atoms with E-state index in [2.05, 4.69) is 81.6 Å². The van der Waals surface area contributed by atoms with Gasteiger partial charge >= 0.3 is 6.09 Å². The molecule has 5 atom stereocenters. The summed E-state index contributed by atoms with van der Waals surface area (Å²) in [5, 5.41) is 12.1. The molecule has 2 fully saturated rings. The number of hydrogen-bond acceptors (Lipinski definition) is 8. The van der Waals surface area contributed by atoms with Crippen molar-refractivity contribution in [1.29, 1.82) is 0 Å². The van der Waals surface area contributed by atoms with Crippen LogP contribution in [0.25, 0.3) is 38.9 Å². The lowest BCUT2D eigenvalue weighted by molar-refractivity contribution is -0.136. The third kappa shape index (κ3) is 7.69. The molecule has 2 saturated heterocycles. The Morgan fingerprint density at radius 1 is 0.825 bits per heavy atom. The molecule has 294 valence electrons. The van der Waals surface area contributed by atoms with Crippen molar-refractivity contribution in [3.63, 3.8) is 0 Å². The van der Waals surface area contributed by atoms with E-state index in [0.717, 1.165) is 81.5 Å². The number of hydrogen-bond donors (Lipinski definition) is 5. The van der Waals surface area contributed by atoms with Gasteiger partial charge in [-0.3, -0.25) is 9.59 Å². The van der Waals surface area contributed by atoms with Gasteiger partial charge in [0.05, 0.1) is 36.8 Å². The Morgan fingerprint density at radius 2 is 1.49 bits per heavy atom. The molecule has 0 bridgehead atoms. The number of amides is 3. The number of methoxy groups -OCH3 is 1. The molecule has 3 aliphatic rings. The number of nitrogens with zero attached hydrogens (tertiary/aromatic N) is 3. The molecule has 1 unspecified atom stereocenters. The number of H-pyrrole nitrogens is 1. The summed E-state index contributed by atoms with van der Waals surface area (Å²) in [5.74, 6) is 0.533. The molecule has 0 spiro atoms. The second-order valence-corrected chi connectivity index (χ2v) is 15.6. The van der Waals surface area contributed by atoms with Gasteiger partial charge < -0.3 is 41.2 Å². The van der Waals surface area contributed by atoms with Crippen molar-refractivity contribution < 1.29 is 19.1 Å². The normalized spacial score (nSPS) is 20.2. The van der Waals surface area contributed by atoms with Gasteiger partial charge in [-0.05, 0) is 82.3 Å². The average Bonchev–Trinajstić information content (AvgIpc) is 4.09. The Hall–Kier alpha value is -6.14. The fraction of sp³-hybridized carbons (Fsp3) is 0.333. The number of aromatic amines is 1.